The summed E-state index contributed by atoms with van der Waals surface area (Å²) in [6.45, 7) is 0. The van der Waals surface area contributed by atoms with Crippen molar-refractivity contribution in [2.24, 2.45) is 5.92 Å². The molecule has 4 nitrogen and oxygen atoms in total. The summed E-state index contributed by atoms with van der Waals surface area (Å²) in [6, 6.07) is 4.69. The van der Waals surface area contributed by atoms with Gasteiger partial charge in [-0.2, -0.15) is 0 Å². The van der Waals surface area contributed by atoms with Gasteiger partial charge in [-0.15, -0.1) is 0 Å². The molecule has 1 heterocycles. The normalized spacial score (nSPS) is 15.7. The van der Waals surface area contributed by atoms with E-state index in [0.717, 1.165) is 25.7 Å². The van der Waals surface area contributed by atoms with Crippen molar-refractivity contribution in [3.63, 3.8) is 0 Å². The fraction of sp³-hybridized carbons (Fsp3) is 0.412. The molecule has 1 amide bonds. The minimum absolute atomic E-state index is 0.00966. The number of rotatable bonds is 3. The van der Waals surface area contributed by atoms with Crippen molar-refractivity contribution in [3.05, 3.63) is 30.2 Å². The smallest absolute Gasteiger partial charge is 0.227 e. The van der Waals surface area contributed by atoms with Crippen molar-refractivity contribution in [2.75, 3.05) is 12.4 Å². The van der Waals surface area contributed by atoms with Gasteiger partial charge < -0.3 is 10.1 Å². The maximum absolute atomic E-state index is 14.1. The molecule has 0 bridgehead atoms. The van der Waals surface area contributed by atoms with E-state index in [1.165, 1.54) is 25.8 Å². The van der Waals surface area contributed by atoms with Gasteiger partial charge in [-0.05, 0) is 25.0 Å². The largest absolute Gasteiger partial charge is 0.497 e. The van der Waals surface area contributed by atoms with Crippen LogP contribution < -0.4 is 10.1 Å². The van der Waals surface area contributed by atoms with Gasteiger partial charge in [0.05, 0.1) is 12.8 Å². The van der Waals surface area contributed by atoms with Gasteiger partial charge in [-0.1, -0.05) is 19.3 Å². The number of aromatic nitrogens is 1. The van der Waals surface area contributed by atoms with Crippen molar-refractivity contribution in [1.29, 1.82) is 0 Å². The minimum Gasteiger partial charge on any atom is -0.497 e. The third-order valence-corrected chi connectivity index (χ3v) is 4.24. The monoisotopic (exact) mass is 302 g/mol. The molecule has 0 radical (unpaired) electrons. The number of carbonyl (C=O) groups excluding carboxylic acids is 1. The van der Waals surface area contributed by atoms with Crippen molar-refractivity contribution in [1.82, 2.24) is 4.98 Å². The van der Waals surface area contributed by atoms with Crippen LogP contribution in [0.4, 0.5) is 10.1 Å². The number of nitrogens with zero attached hydrogens (tertiary/aromatic N) is 1. The van der Waals surface area contributed by atoms with E-state index in [9.17, 15) is 9.18 Å². The lowest BCUT2D eigenvalue weighted by molar-refractivity contribution is -0.120. The van der Waals surface area contributed by atoms with Gasteiger partial charge in [0.25, 0.3) is 0 Å². The number of halogens is 1. The lowest BCUT2D eigenvalue weighted by atomic mass is 9.88. The number of nitrogens with one attached hydrogen (secondary N) is 1. The Kier molecular flexibility index (Phi) is 4.22. The summed E-state index contributed by atoms with van der Waals surface area (Å²) in [7, 11) is 1.48. The zero-order valence-corrected chi connectivity index (χ0v) is 12.6. The highest BCUT2D eigenvalue weighted by Gasteiger charge is 2.22. The van der Waals surface area contributed by atoms with Crippen LogP contribution in [-0.2, 0) is 4.79 Å². The van der Waals surface area contributed by atoms with E-state index in [2.05, 4.69) is 10.3 Å². The molecule has 22 heavy (non-hydrogen) atoms. The number of hydrogen-bond acceptors (Lipinski definition) is 3. The summed E-state index contributed by atoms with van der Waals surface area (Å²) in [5, 5.41) is 3.49. The van der Waals surface area contributed by atoms with E-state index in [0.29, 0.717) is 16.8 Å². The highest BCUT2D eigenvalue weighted by molar-refractivity contribution is 6.02. The summed E-state index contributed by atoms with van der Waals surface area (Å²) in [5.41, 5.74) is 0.820. The fourth-order valence-electron chi connectivity index (χ4n) is 3.01. The lowest BCUT2D eigenvalue weighted by Crippen LogP contribution is -2.24. The summed E-state index contributed by atoms with van der Waals surface area (Å²) in [6.07, 6.45) is 6.74. The van der Waals surface area contributed by atoms with Crippen LogP contribution in [0, 0.1) is 11.7 Å². The summed E-state index contributed by atoms with van der Waals surface area (Å²) < 4.78 is 19.1. The molecule has 2 aromatic rings. The molecule has 0 saturated heterocycles. The standard InChI is InChI=1S/C17H19FN2O2/c1-22-12-9-13-15(7-8-19-16(13)14(18)10-12)20-17(21)11-5-3-2-4-6-11/h7-11H,2-6H2,1H3,(H,19,20,21). The predicted molar refractivity (Wildman–Crippen MR) is 83.5 cm³/mol. The van der Waals surface area contributed by atoms with Crippen molar-refractivity contribution >= 4 is 22.5 Å². The number of methoxy groups -OCH3 is 1. The van der Waals surface area contributed by atoms with E-state index in [-0.39, 0.29) is 17.3 Å². The number of ether oxygens (including phenoxy) is 1. The first-order chi connectivity index (χ1) is 10.7. The van der Waals surface area contributed by atoms with E-state index >= 15 is 0 Å². The maximum atomic E-state index is 14.1. The van der Waals surface area contributed by atoms with E-state index < -0.39 is 5.82 Å². The summed E-state index contributed by atoms with van der Waals surface area (Å²) >= 11 is 0. The first kappa shape index (κ1) is 14.8. The number of carbonyl (C=O) groups is 1. The second-order valence-electron chi connectivity index (χ2n) is 5.69. The molecule has 1 saturated carbocycles. The molecule has 5 heteroatoms. The zero-order valence-electron chi connectivity index (χ0n) is 12.6. The minimum atomic E-state index is -0.455. The Labute approximate surface area is 128 Å². The van der Waals surface area contributed by atoms with Crippen molar-refractivity contribution in [3.8, 4) is 5.75 Å². The van der Waals surface area contributed by atoms with Crippen LogP contribution in [0.1, 0.15) is 32.1 Å². The van der Waals surface area contributed by atoms with Crippen molar-refractivity contribution < 1.29 is 13.9 Å². The first-order valence-electron chi connectivity index (χ1n) is 7.62. The van der Waals surface area contributed by atoms with Crippen LogP contribution in [0.5, 0.6) is 5.75 Å². The second-order valence-corrected chi connectivity index (χ2v) is 5.69. The molecule has 1 aromatic heterocycles. The molecule has 1 aliphatic rings. The predicted octanol–water partition coefficient (Wildman–Crippen LogP) is 3.90. The van der Waals surface area contributed by atoms with Gasteiger partial charge in [-0.3, -0.25) is 9.78 Å². The van der Waals surface area contributed by atoms with Crippen LogP contribution in [0.3, 0.4) is 0 Å². The van der Waals surface area contributed by atoms with Gasteiger partial charge in [0.2, 0.25) is 5.91 Å². The fourth-order valence-corrected chi connectivity index (χ4v) is 3.01. The van der Waals surface area contributed by atoms with Crippen LogP contribution in [0.15, 0.2) is 24.4 Å². The zero-order chi connectivity index (χ0) is 15.5. The van der Waals surface area contributed by atoms with E-state index in [4.69, 9.17) is 4.74 Å². The average Bonchev–Trinajstić information content (AvgIpc) is 2.56. The molecule has 116 valence electrons. The SMILES string of the molecule is COc1cc(F)c2nccc(NC(=O)C3CCCCC3)c2c1. The van der Waals surface area contributed by atoms with Gasteiger partial charge in [0, 0.05) is 23.6 Å². The Morgan fingerprint density at radius 1 is 1.32 bits per heavy atom. The first-order valence-corrected chi connectivity index (χ1v) is 7.62. The van der Waals surface area contributed by atoms with Gasteiger partial charge in [0.1, 0.15) is 11.3 Å². The number of amides is 1. The molecule has 0 unspecified atom stereocenters. The molecule has 0 aliphatic heterocycles. The third kappa shape index (κ3) is 2.89. The quantitative estimate of drug-likeness (QED) is 0.935. The Morgan fingerprint density at radius 2 is 2.09 bits per heavy atom. The summed E-state index contributed by atoms with van der Waals surface area (Å²) in [4.78, 5) is 16.4. The molecular weight excluding hydrogens is 283 g/mol. The number of benzene rings is 1. The van der Waals surface area contributed by atoms with Gasteiger partial charge in [-0.25, -0.2) is 4.39 Å². The number of anilines is 1. The van der Waals surface area contributed by atoms with Crippen LogP contribution >= 0.6 is 0 Å². The Balaban J connectivity index is 1.92. The topological polar surface area (TPSA) is 51.2 Å². The average molecular weight is 302 g/mol. The highest BCUT2D eigenvalue weighted by Crippen LogP contribution is 2.30. The maximum Gasteiger partial charge on any atom is 0.227 e. The van der Waals surface area contributed by atoms with E-state index in [1.54, 1.807) is 12.1 Å². The number of pyridine rings is 1. The third-order valence-electron chi connectivity index (χ3n) is 4.24. The van der Waals surface area contributed by atoms with Crippen LogP contribution in [0.2, 0.25) is 0 Å². The van der Waals surface area contributed by atoms with Gasteiger partial charge in [0.15, 0.2) is 5.82 Å². The van der Waals surface area contributed by atoms with Crippen LogP contribution in [-0.4, -0.2) is 18.0 Å². The Bertz CT molecular complexity index is 696. The lowest BCUT2D eigenvalue weighted by Gasteiger charge is -2.21. The Morgan fingerprint density at radius 3 is 2.82 bits per heavy atom. The highest BCUT2D eigenvalue weighted by atomic mass is 19.1. The molecule has 1 aliphatic carbocycles. The summed E-state index contributed by atoms with van der Waals surface area (Å²) in [5.74, 6) is 0.0112. The number of fused-ring (bicyclic) bond motifs is 1. The van der Waals surface area contributed by atoms with Gasteiger partial charge >= 0.3 is 0 Å². The molecule has 1 N–H and O–H groups in total. The molecule has 0 atom stereocenters. The Hall–Kier alpha value is -2.17. The number of hydrogen-bond donors (Lipinski definition) is 1. The van der Waals surface area contributed by atoms with Crippen LogP contribution in [0.25, 0.3) is 10.9 Å². The molecule has 3 rings (SSSR count). The molecule has 1 fully saturated rings. The van der Waals surface area contributed by atoms with E-state index in [1.807, 2.05) is 0 Å². The second kappa shape index (κ2) is 6.30. The molecule has 1 aromatic carbocycles. The molecular formula is C17H19FN2O2. The molecule has 0 spiro atoms. The van der Waals surface area contributed by atoms with Crippen molar-refractivity contribution in [2.45, 2.75) is 32.1 Å².